The van der Waals surface area contributed by atoms with E-state index in [0.717, 1.165) is 0 Å². The Hall–Kier alpha value is -2.58. The first-order valence-electron chi connectivity index (χ1n) is 8.06. The van der Waals surface area contributed by atoms with E-state index in [1.165, 1.54) is 19.1 Å². The Bertz CT molecular complexity index is 833. The van der Waals surface area contributed by atoms with Crippen LogP contribution in [0.15, 0.2) is 53.4 Å². The lowest BCUT2D eigenvalue weighted by atomic mass is 10.2. The van der Waals surface area contributed by atoms with E-state index in [1.54, 1.807) is 43.5 Å². The van der Waals surface area contributed by atoms with Crippen LogP contribution >= 0.6 is 0 Å². The quantitative estimate of drug-likeness (QED) is 0.736. The Morgan fingerprint density at radius 3 is 2.15 bits per heavy atom. The fourth-order valence-electron chi connectivity index (χ4n) is 2.16. The van der Waals surface area contributed by atoms with Gasteiger partial charge in [-0.05, 0) is 62.4 Å². The molecular formula is C18H22N2O5S. The molecule has 0 spiro atoms. The van der Waals surface area contributed by atoms with Crippen molar-refractivity contribution >= 4 is 21.6 Å². The molecule has 7 nitrogen and oxygen atoms in total. The summed E-state index contributed by atoms with van der Waals surface area (Å²) in [5, 5.41) is 2.65. The Labute approximate surface area is 153 Å². The second kappa shape index (κ2) is 8.68. The Balaban J connectivity index is 2.01. The van der Waals surface area contributed by atoms with Crippen molar-refractivity contribution in [1.82, 2.24) is 4.72 Å². The van der Waals surface area contributed by atoms with Crippen LogP contribution < -0.4 is 19.5 Å². The van der Waals surface area contributed by atoms with Crippen LogP contribution in [0.25, 0.3) is 0 Å². The number of sulfonamides is 1. The van der Waals surface area contributed by atoms with Crippen molar-refractivity contribution in [2.75, 3.05) is 19.0 Å². The van der Waals surface area contributed by atoms with Crippen LogP contribution in [0.1, 0.15) is 13.8 Å². The fraction of sp³-hybridized carbons (Fsp3) is 0.278. The number of methoxy groups -OCH3 is 1. The summed E-state index contributed by atoms with van der Waals surface area (Å²) >= 11 is 0. The second-order valence-electron chi connectivity index (χ2n) is 5.47. The van der Waals surface area contributed by atoms with E-state index in [2.05, 4.69) is 10.0 Å². The summed E-state index contributed by atoms with van der Waals surface area (Å²) in [6, 6.07) is 11.8. The largest absolute Gasteiger partial charge is 0.497 e. The van der Waals surface area contributed by atoms with Crippen LogP contribution in [0.5, 0.6) is 11.5 Å². The molecule has 2 aromatic carbocycles. The molecule has 0 heterocycles. The molecule has 1 amide bonds. The number of nitrogens with one attached hydrogen (secondary N) is 2. The molecule has 0 aliphatic heterocycles. The lowest BCUT2D eigenvalue weighted by Crippen LogP contribution is -2.41. The SMILES string of the molecule is CCOc1ccc(S(=O)(=O)N[C@@H](C)C(=O)Nc2ccc(OC)cc2)cc1. The minimum absolute atomic E-state index is 0.0602. The van der Waals surface area contributed by atoms with Crippen LogP contribution in [0.2, 0.25) is 0 Å². The van der Waals surface area contributed by atoms with Gasteiger partial charge < -0.3 is 14.8 Å². The van der Waals surface area contributed by atoms with Crippen LogP contribution in [0, 0.1) is 0 Å². The monoisotopic (exact) mass is 378 g/mol. The van der Waals surface area contributed by atoms with Gasteiger partial charge in [0.1, 0.15) is 11.5 Å². The molecule has 0 aliphatic rings. The van der Waals surface area contributed by atoms with Gasteiger partial charge in [0.05, 0.1) is 24.7 Å². The first-order chi connectivity index (χ1) is 12.4. The molecule has 2 N–H and O–H groups in total. The summed E-state index contributed by atoms with van der Waals surface area (Å²) in [5.41, 5.74) is 0.544. The standard InChI is InChI=1S/C18H22N2O5S/c1-4-25-16-9-11-17(12-10-16)26(22,23)20-13(2)18(21)19-14-5-7-15(24-3)8-6-14/h5-13,20H,4H2,1-3H3,(H,19,21)/t13-/m0/s1. The molecule has 0 aromatic heterocycles. The highest BCUT2D eigenvalue weighted by Gasteiger charge is 2.22. The predicted molar refractivity (Wildman–Crippen MR) is 99.0 cm³/mol. The number of rotatable bonds is 8. The Morgan fingerprint density at radius 2 is 1.62 bits per heavy atom. The molecule has 2 rings (SSSR count). The first-order valence-corrected chi connectivity index (χ1v) is 9.54. The molecule has 0 saturated carbocycles. The molecular weight excluding hydrogens is 356 g/mol. The van der Waals surface area contributed by atoms with E-state index in [-0.39, 0.29) is 4.90 Å². The number of ether oxygens (including phenoxy) is 2. The Kier molecular flexibility index (Phi) is 6.59. The van der Waals surface area contributed by atoms with Gasteiger partial charge in [-0.1, -0.05) is 0 Å². The van der Waals surface area contributed by atoms with E-state index in [4.69, 9.17) is 9.47 Å². The van der Waals surface area contributed by atoms with Gasteiger partial charge in [-0.3, -0.25) is 4.79 Å². The van der Waals surface area contributed by atoms with E-state index in [1.807, 2.05) is 6.92 Å². The summed E-state index contributed by atoms with van der Waals surface area (Å²) in [4.78, 5) is 12.3. The lowest BCUT2D eigenvalue weighted by Gasteiger charge is -2.15. The zero-order chi connectivity index (χ0) is 19.2. The van der Waals surface area contributed by atoms with E-state index in [0.29, 0.717) is 23.8 Å². The average Bonchev–Trinajstić information content (AvgIpc) is 2.62. The van der Waals surface area contributed by atoms with Crippen molar-refractivity contribution in [3.05, 3.63) is 48.5 Å². The maximum absolute atomic E-state index is 12.4. The summed E-state index contributed by atoms with van der Waals surface area (Å²) in [7, 11) is -2.28. The molecule has 2 aromatic rings. The highest BCUT2D eigenvalue weighted by atomic mass is 32.2. The van der Waals surface area contributed by atoms with Crippen LogP contribution in [0.3, 0.4) is 0 Å². The van der Waals surface area contributed by atoms with Crippen molar-refractivity contribution in [2.45, 2.75) is 24.8 Å². The molecule has 0 unspecified atom stereocenters. The van der Waals surface area contributed by atoms with Crippen LogP contribution in [-0.2, 0) is 14.8 Å². The lowest BCUT2D eigenvalue weighted by molar-refractivity contribution is -0.117. The van der Waals surface area contributed by atoms with Crippen molar-refractivity contribution < 1.29 is 22.7 Å². The molecule has 0 saturated heterocycles. The third kappa shape index (κ3) is 5.21. The van der Waals surface area contributed by atoms with Gasteiger partial charge >= 0.3 is 0 Å². The molecule has 8 heteroatoms. The van der Waals surface area contributed by atoms with Gasteiger partial charge in [0.15, 0.2) is 0 Å². The normalized spacial score (nSPS) is 12.3. The number of benzene rings is 2. The van der Waals surface area contributed by atoms with Crippen molar-refractivity contribution in [3.8, 4) is 11.5 Å². The Morgan fingerprint density at radius 1 is 1.04 bits per heavy atom. The molecule has 0 radical (unpaired) electrons. The smallest absolute Gasteiger partial charge is 0.242 e. The van der Waals surface area contributed by atoms with Gasteiger partial charge in [0.2, 0.25) is 15.9 Å². The average molecular weight is 378 g/mol. The molecule has 26 heavy (non-hydrogen) atoms. The molecule has 0 aliphatic carbocycles. The summed E-state index contributed by atoms with van der Waals surface area (Å²) in [6.07, 6.45) is 0. The maximum atomic E-state index is 12.4. The number of amides is 1. The van der Waals surface area contributed by atoms with Gasteiger partial charge in [0.25, 0.3) is 0 Å². The number of carbonyl (C=O) groups is 1. The molecule has 140 valence electrons. The number of carbonyl (C=O) groups excluding carboxylic acids is 1. The van der Waals surface area contributed by atoms with E-state index >= 15 is 0 Å². The third-order valence-electron chi connectivity index (χ3n) is 3.53. The van der Waals surface area contributed by atoms with E-state index < -0.39 is 22.0 Å². The van der Waals surface area contributed by atoms with Crippen LogP contribution in [0.4, 0.5) is 5.69 Å². The van der Waals surface area contributed by atoms with Crippen LogP contribution in [-0.4, -0.2) is 34.1 Å². The van der Waals surface area contributed by atoms with Crippen molar-refractivity contribution in [3.63, 3.8) is 0 Å². The first kappa shape index (κ1) is 19.7. The van der Waals surface area contributed by atoms with Crippen molar-refractivity contribution in [1.29, 1.82) is 0 Å². The number of anilines is 1. The predicted octanol–water partition coefficient (Wildman–Crippen LogP) is 2.40. The zero-order valence-corrected chi connectivity index (χ0v) is 15.7. The minimum atomic E-state index is -3.83. The molecule has 0 bridgehead atoms. The number of hydrogen-bond acceptors (Lipinski definition) is 5. The maximum Gasteiger partial charge on any atom is 0.242 e. The minimum Gasteiger partial charge on any atom is -0.497 e. The third-order valence-corrected chi connectivity index (χ3v) is 5.08. The van der Waals surface area contributed by atoms with Gasteiger partial charge in [0, 0.05) is 5.69 Å². The zero-order valence-electron chi connectivity index (χ0n) is 14.9. The summed E-state index contributed by atoms with van der Waals surface area (Å²) < 4.78 is 37.5. The summed E-state index contributed by atoms with van der Waals surface area (Å²) in [5.74, 6) is 0.772. The van der Waals surface area contributed by atoms with Gasteiger partial charge in [-0.25, -0.2) is 8.42 Å². The van der Waals surface area contributed by atoms with Gasteiger partial charge in [-0.15, -0.1) is 0 Å². The second-order valence-corrected chi connectivity index (χ2v) is 7.18. The fourth-order valence-corrected chi connectivity index (χ4v) is 3.36. The van der Waals surface area contributed by atoms with Gasteiger partial charge in [-0.2, -0.15) is 4.72 Å². The number of hydrogen-bond donors (Lipinski definition) is 2. The summed E-state index contributed by atoms with van der Waals surface area (Å²) in [6.45, 7) is 3.81. The highest BCUT2D eigenvalue weighted by Crippen LogP contribution is 2.17. The van der Waals surface area contributed by atoms with Crippen molar-refractivity contribution in [2.24, 2.45) is 0 Å². The highest BCUT2D eigenvalue weighted by molar-refractivity contribution is 7.89. The molecule has 1 atom stereocenters. The van der Waals surface area contributed by atoms with E-state index in [9.17, 15) is 13.2 Å². The molecule has 0 fully saturated rings. The topological polar surface area (TPSA) is 93.7 Å².